The number of rotatable bonds is 1. The molecule has 2 aromatic rings. The topological polar surface area (TPSA) is 58.6 Å². The van der Waals surface area contributed by atoms with Crippen molar-refractivity contribution in [1.82, 2.24) is 14.9 Å². The van der Waals surface area contributed by atoms with Gasteiger partial charge in [-0.25, -0.2) is 14.8 Å². The third-order valence-electron chi connectivity index (χ3n) is 4.96. The molecular formula is C23H26N4O2. The number of hydrogen-bond donors (Lipinski definition) is 0. The average molecular weight is 390 g/mol. The molecule has 0 saturated carbocycles. The van der Waals surface area contributed by atoms with Crippen molar-refractivity contribution in [2.75, 3.05) is 31.1 Å². The predicted molar refractivity (Wildman–Crippen MR) is 117 cm³/mol. The number of carbonyl (C=O) groups is 1. The van der Waals surface area contributed by atoms with Gasteiger partial charge in [0.25, 0.3) is 0 Å². The van der Waals surface area contributed by atoms with Crippen molar-refractivity contribution in [3.05, 3.63) is 53.9 Å². The summed E-state index contributed by atoms with van der Waals surface area (Å²) in [5.74, 6) is 0.915. The Kier molecular flexibility index (Phi) is 5.09. The number of amides is 1. The van der Waals surface area contributed by atoms with Gasteiger partial charge in [-0.15, -0.1) is 0 Å². The number of anilines is 1. The zero-order valence-corrected chi connectivity index (χ0v) is 17.1. The van der Waals surface area contributed by atoms with Crippen LogP contribution in [0.4, 0.5) is 10.6 Å². The summed E-state index contributed by atoms with van der Waals surface area (Å²) in [5.41, 5.74) is 2.70. The quantitative estimate of drug-likeness (QED) is 0.727. The van der Waals surface area contributed by atoms with E-state index in [1.54, 1.807) is 11.2 Å². The Morgan fingerprint density at radius 2 is 1.69 bits per heavy atom. The molecule has 150 valence electrons. The Hall–Kier alpha value is -3.15. The summed E-state index contributed by atoms with van der Waals surface area (Å²) in [7, 11) is 0. The van der Waals surface area contributed by atoms with Crippen LogP contribution >= 0.6 is 0 Å². The zero-order valence-electron chi connectivity index (χ0n) is 17.1. The van der Waals surface area contributed by atoms with Gasteiger partial charge in [0, 0.05) is 26.2 Å². The molecule has 6 heteroatoms. The summed E-state index contributed by atoms with van der Waals surface area (Å²) < 4.78 is 5.51. The maximum Gasteiger partial charge on any atom is 0.410 e. The summed E-state index contributed by atoms with van der Waals surface area (Å²) in [6, 6.07) is 4.13. The standard InChI is InChI=1S/C23H26N4O2/c1-23(2,3)29-22(28)27-14-12-26(13-15-27)21-20-18-9-7-5-4-6-8-17(18)10-11-19(20)24-16-25-21/h4-11,16H,12-15H2,1-3H3/b5-4+,6-4?,7-5?,8-6?,9-7-,17-8?,18-9?. The van der Waals surface area contributed by atoms with Crippen LogP contribution in [0, 0.1) is 0 Å². The molecule has 29 heavy (non-hydrogen) atoms. The van der Waals surface area contributed by atoms with Crippen LogP contribution in [0.1, 0.15) is 31.9 Å². The molecule has 6 nitrogen and oxygen atoms in total. The molecular weight excluding hydrogens is 364 g/mol. The van der Waals surface area contributed by atoms with Crippen LogP contribution in [0.15, 0.2) is 42.8 Å². The Bertz CT molecular complexity index is 1010. The number of fused-ring (bicyclic) bond motifs is 3. The van der Waals surface area contributed by atoms with Crippen LogP contribution in [-0.4, -0.2) is 52.7 Å². The Labute approximate surface area is 171 Å². The fourth-order valence-electron chi connectivity index (χ4n) is 3.61. The number of piperazine rings is 1. The largest absolute Gasteiger partial charge is 0.444 e. The van der Waals surface area contributed by atoms with Crippen LogP contribution < -0.4 is 4.90 Å². The van der Waals surface area contributed by atoms with E-state index in [0.717, 1.165) is 27.8 Å². The van der Waals surface area contributed by atoms with E-state index in [9.17, 15) is 4.79 Å². The number of nitrogens with zero attached hydrogens (tertiary/aromatic N) is 4. The van der Waals surface area contributed by atoms with Gasteiger partial charge in [-0.2, -0.15) is 0 Å². The molecule has 1 saturated heterocycles. The summed E-state index contributed by atoms with van der Waals surface area (Å²) in [5, 5.41) is 1.05. The third kappa shape index (κ3) is 4.16. The average Bonchev–Trinajstić information content (AvgIpc) is 2.66. The van der Waals surface area contributed by atoms with Gasteiger partial charge in [-0.3, -0.25) is 0 Å². The van der Waals surface area contributed by atoms with Gasteiger partial charge in [0.1, 0.15) is 17.7 Å². The lowest BCUT2D eigenvalue weighted by atomic mass is 9.99. The maximum absolute atomic E-state index is 12.4. The van der Waals surface area contributed by atoms with Gasteiger partial charge in [0.15, 0.2) is 0 Å². The molecule has 0 unspecified atom stereocenters. The van der Waals surface area contributed by atoms with Gasteiger partial charge >= 0.3 is 6.09 Å². The molecule has 1 fully saturated rings. The molecule has 2 heterocycles. The highest BCUT2D eigenvalue weighted by molar-refractivity contribution is 5.99. The third-order valence-corrected chi connectivity index (χ3v) is 4.96. The zero-order chi connectivity index (χ0) is 20.4. The summed E-state index contributed by atoms with van der Waals surface area (Å²) in [6.07, 6.45) is 13.7. The monoisotopic (exact) mass is 390 g/mol. The number of carbonyl (C=O) groups excluding carboxylic acids is 1. The van der Waals surface area contributed by atoms with Crippen molar-refractivity contribution in [3.8, 4) is 0 Å². The van der Waals surface area contributed by atoms with E-state index >= 15 is 0 Å². The first-order valence-electron chi connectivity index (χ1n) is 9.94. The second-order valence-electron chi connectivity index (χ2n) is 8.22. The second kappa shape index (κ2) is 7.70. The normalized spacial score (nSPS) is 18.7. The van der Waals surface area contributed by atoms with Crippen molar-refractivity contribution in [3.63, 3.8) is 0 Å². The Morgan fingerprint density at radius 3 is 2.41 bits per heavy atom. The van der Waals surface area contributed by atoms with Crippen LogP contribution in [0.2, 0.25) is 0 Å². The molecule has 0 bridgehead atoms. The molecule has 1 aromatic carbocycles. The highest BCUT2D eigenvalue weighted by atomic mass is 16.6. The van der Waals surface area contributed by atoms with Crippen LogP contribution in [0.25, 0.3) is 23.1 Å². The second-order valence-corrected chi connectivity index (χ2v) is 8.22. The van der Waals surface area contributed by atoms with E-state index in [1.165, 1.54) is 0 Å². The SMILES string of the molecule is CC(C)(C)OC(=O)N1CCN(c2ncnc3ccc4c(c23)/C=C\C=C\C=C4)CC1. The minimum Gasteiger partial charge on any atom is -0.444 e. The Balaban J connectivity index is 1.63. The lowest BCUT2D eigenvalue weighted by Crippen LogP contribution is -2.50. The minimum absolute atomic E-state index is 0.255. The van der Waals surface area contributed by atoms with Crippen LogP contribution in [0.5, 0.6) is 0 Å². The molecule has 1 aromatic heterocycles. The molecule has 0 spiro atoms. The smallest absolute Gasteiger partial charge is 0.410 e. The number of benzene rings is 1. The lowest BCUT2D eigenvalue weighted by Gasteiger charge is -2.36. The van der Waals surface area contributed by atoms with Gasteiger partial charge in [-0.05, 0) is 38.0 Å². The first kappa shape index (κ1) is 19.2. The fourth-order valence-corrected chi connectivity index (χ4v) is 3.61. The number of allylic oxidation sites excluding steroid dienone is 4. The molecule has 1 aliphatic carbocycles. The van der Waals surface area contributed by atoms with E-state index < -0.39 is 5.60 Å². The number of hydrogen-bond acceptors (Lipinski definition) is 5. The van der Waals surface area contributed by atoms with E-state index in [1.807, 2.05) is 51.1 Å². The van der Waals surface area contributed by atoms with E-state index in [2.05, 4.69) is 33.1 Å². The molecule has 1 aliphatic heterocycles. The molecule has 1 amide bonds. The van der Waals surface area contributed by atoms with Crippen molar-refractivity contribution >= 4 is 35.0 Å². The van der Waals surface area contributed by atoms with Crippen molar-refractivity contribution < 1.29 is 9.53 Å². The summed E-state index contributed by atoms with van der Waals surface area (Å²) in [4.78, 5) is 25.5. The molecule has 0 radical (unpaired) electrons. The first-order chi connectivity index (χ1) is 13.9. The lowest BCUT2D eigenvalue weighted by molar-refractivity contribution is 0.0240. The number of ether oxygens (including phenoxy) is 1. The first-order valence-corrected chi connectivity index (χ1v) is 9.94. The fraction of sp³-hybridized carbons (Fsp3) is 0.348. The van der Waals surface area contributed by atoms with E-state index in [-0.39, 0.29) is 6.09 Å². The highest BCUT2D eigenvalue weighted by Gasteiger charge is 2.27. The molecule has 0 N–H and O–H groups in total. The van der Waals surface area contributed by atoms with Crippen LogP contribution in [-0.2, 0) is 4.74 Å². The van der Waals surface area contributed by atoms with Gasteiger partial charge in [0.2, 0.25) is 0 Å². The van der Waals surface area contributed by atoms with Crippen molar-refractivity contribution in [2.45, 2.75) is 26.4 Å². The van der Waals surface area contributed by atoms with Crippen molar-refractivity contribution in [1.29, 1.82) is 0 Å². The number of aromatic nitrogens is 2. The minimum atomic E-state index is -0.484. The van der Waals surface area contributed by atoms with Gasteiger partial charge in [-0.1, -0.05) is 42.5 Å². The summed E-state index contributed by atoms with van der Waals surface area (Å²) in [6.45, 7) is 8.28. The predicted octanol–water partition coefficient (Wildman–Crippen LogP) is 4.28. The maximum atomic E-state index is 12.4. The van der Waals surface area contributed by atoms with E-state index in [0.29, 0.717) is 26.2 Å². The molecule has 0 atom stereocenters. The van der Waals surface area contributed by atoms with Gasteiger partial charge < -0.3 is 14.5 Å². The summed E-state index contributed by atoms with van der Waals surface area (Å²) >= 11 is 0. The van der Waals surface area contributed by atoms with Gasteiger partial charge in [0.05, 0.1) is 10.9 Å². The van der Waals surface area contributed by atoms with Crippen LogP contribution in [0.3, 0.4) is 0 Å². The Morgan fingerprint density at radius 1 is 0.966 bits per heavy atom. The molecule has 2 aliphatic rings. The highest BCUT2D eigenvalue weighted by Crippen LogP contribution is 2.32. The van der Waals surface area contributed by atoms with Crippen molar-refractivity contribution in [2.24, 2.45) is 0 Å². The molecule has 4 rings (SSSR count). The van der Waals surface area contributed by atoms with E-state index in [4.69, 9.17) is 4.74 Å².